The van der Waals surface area contributed by atoms with Gasteiger partial charge in [-0.1, -0.05) is 0 Å². The van der Waals surface area contributed by atoms with Crippen molar-refractivity contribution in [2.24, 2.45) is 0 Å². The third-order valence-electron chi connectivity index (χ3n) is 5.46. The number of rotatable bonds is 4. The molecule has 0 bridgehead atoms. The first-order valence-corrected chi connectivity index (χ1v) is 17.8. The zero-order valence-corrected chi connectivity index (χ0v) is 29.2. The molecular weight excluding hydrogens is 628 g/mol. The van der Waals surface area contributed by atoms with Gasteiger partial charge in [-0.2, -0.15) is 21.6 Å². The Kier molecular flexibility index (Phi) is 17.9. The second-order valence-corrected chi connectivity index (χ2v) is 23.7. The van der Waals surface area contributed by atoms with Crippen molar-refractivity contribution < 1.29 is 49.5 Å². The molecule has 1 aromatic carbocycles. The number of alkyl halides is 3. The topological polar surface area (TPSA) is 87.4 Å². The number of benzene rings is 1. The van der Waals surface area contributed by atoms with E-state index in [1.807, 2.05) is 22.8 Å². The average Bonchev–Trinajstić information content (AvgIpc) is 2.61. The first-order valence-electron chi connectivity index (χ1n) is 11.9. The maximum atomic E-state index is 10.7. The van der Waals surface area contributed by atoms with E-state index in [4.69, 9.17) is 13.0 Å². The van der Waals surface area contributed by atoms with Gasteiger partial charge in [-0.25, -0.2) is 0 Å². The summed E-state index contributed by atoms with van der Waals surface area (Å²) in [6.45, 7) is 29.6. The van der Waals surface area contributed by atoms with Crippen molar-refractivity contribution in [3.63, 3.8) is 0 Å². The van der Waals surface area contributed by atoms with Crippen molar-refractivity contribution in [1.29, 1.82) is 0 Å². The molecule has 0 atom stereocenters. The Bertz CT molecular complexity index is 822. The molecule has 0 radical (unpaired) electrons. The van der Waals surface area contributed by atoms with Gasteiger partial charge in [-0.3, -0.25) is 4.55 Å². The molecule has 4 nitrogen and oxygen atoms in total. The Morgan fingerprint density at radius 3 is 1.11 bits per heavy atom. The fraction of sp³-hybridized carbons (Fsp3) is 0.731. The molecule has 0 heterocycles. The van der Waals surface area contributed by atoms with Gasteiger partial charge < -0.3 is 5.48 Å². The number of hydrogen-bond donors (Lipinski definition) is 1. The van der Waals surface area contributed by atoms with Crippen molar-refractivity contribution in [2.75, 3.05) is 12.3 Å². The van der Waals surface area contributed by atoms with E-state index >= 15 is 0 Å². The fourth-order valence-corrected chi connectivity index (χ4v) is 14.4. The standard InChI is InChI=1S/C18H40P2.C7H6.CHF3O3S.H2O.Ru/c1-15(2,3)19(16(4,5)6)13-14-20(17(7,8)9)18(10,11)12;1-7-5-3-2-4-6-7;2-1(3,4)8(5,6)7;;/h13-14H2,1-12H3;1-6H;(H,5,6,7);1H2;/q;;;;+1/p+3. The van der Waals surface area contributed by atoms with Gasteiger partial charge in [0, 0.05) is 15.8 Å². The SMILES string of the molecule is CC(C)(C)[PH+](CC[PH+](C(C)(C)C)C(C)(C)C)C(C)(C)C.O=S(=O)(O)C(F)(F)F.[OH3+].[Ru+]=[CH]c1ccccc1. The predicted octanol–water partition coefficient (Wildman–Crippen LogP) is 7.46. The van der Waals surface area contributed by atoms with Crippen molar-refractivity contribution in [3.05, 3.63) is 35.9 Å². The van der Waals surface area contributed by atoms with E-state index in [9.17, 15) is 13.2 Å². The number of hydrogen-bond acceptors (Lipinski definition) is 2. The van der Waals surface area contributed by atoms with Crippen LogP contribution in [0, 0.1) is 0 Å². The molecule has 221 valence electrons. The maximum absolute atomic E-state index is 10.7. The second kappa shape index (κ2) is 15.9. The minimum atomic E-state index is -5.84. The summed E-state index contributed by atoms with van der Waals surface area (Å²) in [5.41, 5.74) is -4.28. The van der Waals surface area contributed by atoms with Gasteiger partial charge in [-0.05, 0) is 83.1 Å². The van der Waals surface area contributed by atoms with E-state index in [-0.39, 0.29) is 21.3 Å². The molecule has 0 aliphatic heterocycles. The summed E-state index contributed by atoms with van der Waals surface area (Å²) in [7, 11) is -6.57. The summed E-state index contributed by atoms with van der Waals surface area (Å²) < 4.78 is 59.6. The van der Waals surface area contributed by atoms with Crippen LogP contribution in [0.1, 0.15) is 88.6 Å². The van der Waals surface area contributed by atoms with Crippen LogP contribution in [-0.2, 0) is 33.4 Å². The molecule has 0 aliphatic carbocycles. The Labute approximate surface area is 236 Å². The van der Waals surface area contributed by atoms with Crippen LogP contribution >= 0.6 is 15.8 Å². The van der Waals surface area contributed by atoms with Gasteiger partial charge in [0.15, 0.2) is 0 Å². The Morgan fingerprint density at radius 2 is 0.973 bits per heavy atom. The second-order valence-electron chi connectivity index (χ2n) is 12.9. The molecule has 0 amide bonds. The normalized spacial score (nSPS) is 13.1. The summed E-state index contributed by atoms with van der Waals surface area (Å²) in [6, 6.07) is 10.2. The summed E-state index contributed by atoms with van der Waals surface area (Å²) in [4.78, 5) is 0. The summed E-state index contributed by atoms with van der Waals surface area (Å²) in [5, 5.41) is 2.02. The molecule has 0 aliphatic rings. The van der Waals surface area contributed by atoms with Crippen LogP contribution in [-0.4, -0.2) is 56.0 Å². The van der Waals surface area contributed by atoms with Crippen LogP contribution < -0.4 is 0 Å². The van der Waals surface area contributed by atoms with Gasteiger partial charge in [0.05, 0.1) is 32.9 Å². The molecule has 0 spiro atoms. The molecule has 0 aromatic heterocycles. The molecule has 37 heavy (non-hydrogen) atoms. The monoisotopic (exact) mass is 681 g/mol. The Balaban J connectivity index is -0.000000556. The van der Waals surface area contributed by atoms with E-state index in [1.54, 1.807) is 0 Å². The number of halogens is 3. The van der Waals surface area contributed by atoms with Crippen LogP contribution in [0.2, 0.25) is 0 Å². The Morgan fingerprint density at radius 1 is 0.730 bits per heavy atom. The van der Waals surface area contributed by atoms with Crippen molar-refractivity contribution in [2.45, 2.75) is 109 Å². The fourth-order valence-electron chi connectivity index (χ4n) is 4.52. The van der Waals surface area contributed by atoms with Crippen molar-refractivity contribution in [3.8, 4) is 0 Å². The van der Waals surface area contributed by atoms with Gasteiger partial charge in [0.25, 0.3) is 0 Å². The van der Waals surface area contributed by atoms with Crippen molar-refractivity contribution in [1.82, 2.24) is 0 Å². The molecule has 0 saturated heterocycles. The Hall–Kier alpha value is 0.233. The molecule has 1 rings (SSSR count). The zero-order chi connectivity index (χ0) is 29.4. The van der Waals surface area contributed by atoms with Gasteiger partial charge in [0.2, 0.25) is 0 Å². The summed E-state index contributed by atoms with van der Waals surface area (Å²) >= 11 is 2.48. The first kappa shape index (κ1) is 41.7. The predicted molar refractivity (Wildman–Crippen MR) is 159 cm³/mol. The van der Waals surface area contributed by atoms with E-state index in [2.05, 4.69) is 113 Å². The quantitative estimate of drug-likeness (QED) is 0.118. The van der Waals surface area contributed by atoms with Crippen LogP contribution in [0.25, 0.3) is 0 Å². The van der Waals surface area contributed by atoms with Gasteiger partial charge in [0.1, 0.15) is 0 Å². The van der Waals surface area contributed by atoms with Crippen LogP contribution in [0.3, 0.4) is 0 Å². The summed E-state index contributed by atoms with van der Waals surface area (Å²) in [6.07, 6.45) is 2.97. The first-order chi connectivity index (χ1) is 15.7. The third kappa shape index (κ3) is 18.3. The van der Waals surface area contributed by atoms with Gasteiger partial charge in [-0.15, -0.1) is 0 Å². The molecule has 0 unspecified atom stereocenters. The van der Waals surface area contributed by atoms with Crippen LogP contribution in [0.4, 0.5) is 13.2 Å². The molecule has 0 saturated carbocycles. The van der Waals surface area contributed by atoms with Crippen molar-refractivity contribution >= 4 is 30.6 Å². The molecule has 0 fully saturated rings. The van der Waals surface area contributed by atoms with E-state index in [1.165, 1.54) is 17.9 Å². The van der Waals surface area contributed by atoms with E-state index < -0.39 is 15.6 Å². The average molecular weight is 681 g/mol. The molecular formula is C26H52F3O4P2RuS+4. The van der Waals surface area contributed by atoms with Gasteiger partial charge >= 0.3 is 74.0 Å². The van der Waals surface area contributed by atoms with E-state index in [0.29, 0.717) is 20.6 Å². The van der Waals surface area contributed by atoms with Crippen LogP contribution in [0.5, 0.6) is 0 Å². The molecule has 1 aromatic rings. The van der Waals surface area contributed by atoms with E-state index in [0.717, 1.165) is 0 Å². The molecule has 11 heteroatoms. The summed E-state index contributed by atoms with van der Waals surface area (Å²) in [5.74, 6) is 0. The minimum absolute atomic E-state index is 0. The molecule has 4 N–H and O–H groups in total. The zero-order valence-electron chi connectivity index (χ0n) is 24.6. The third-order valence-corrected chi connectivity index (χ3v) is 15.9. The van der Waals surface area contributed by atoms with Crippen LogP contribution in [0.15, 0.2) is 30.3 Å².